The molecule has 1 rings (SSSR count). The first-order chi connectivity index (χ1) is 10.9. The maximum atomic E-state index is 13.1. The lowest BCUT2D eigenvalue weighted by Crippen LogP contribution is -2.46. The van der Waals surface area contributed by atoms with E-state index in [1.807, 2.05) is 12.1 Å². The Hall–Kier alpha value is -1.31. The van der Waals surface area contributed by atoms with E-state index in [1.54, 1.807) is 0 Å². The molecule has 2 heteroatoms. The van der Waals surface area contributed by atoms with Gasteiger partial charge < -0.3 is 4.74 Å². The zero-order valence-corrected chi connectivity index (χ0v) is 17.0. The second-order valence-corrected chi connectivity index (χ2v) is 9.09. The number of aryl methyl sites for hydroxylation is 1. The van der Waals surface area contributed by atoms with Crippen molar-refractivity contribution >= 4 is 5.97 Å². The molecule has 1 atom stereocenters. The van der Waals surface area contributed by atoms with Gasteiger partial charge >= 0.3 is 5.97 Å². The Balaban J connectivity index is 3.04. The van der Waals surface area contributed by atoms with Crippen LogP contribution >= 0.6 is 0 Å². The molecule has 0 aliphatic rings. The Kier molecular flexibility index (Phi) is 6.67. The first-order valence-corrected chi connectivity index (χ1v) is 9.26. The normalized spacial score (nSPS) is 15.0. The minimum absolute atomic E-state index is 0.0607. The highest BCUT2D eigenvalue weighted by Gasteiger charge is 2.49. The highest BCUT2D eigenvalue weighted by Crippen LogP contribution is 2.49. The largest absolute Gasteiger partial charge is 0.426 e. The van der Waals surface area contributed by atoms with Crippen LogP contribution in [-0.2, 0) is 11.2 Å². The van der Waals surface area contributed by atoms with E-state index in [-0.39, 0.29) is 16.8 Å². The summed E-state index contributed by atoms with van der Waals surface area (Å²) in [7, 11) is 0. The second-order valence-electron chi connectivity index (χ2n) is 9.09. The average Bonchev–Trinajstić information content (AvgIpc) is 2.47. The number of benzene rings is 1. The van der Waals surface area contributed by atoms with Gasteiger partial charge in [0.15, 0.2) is 0 Å². The quantitative estimate of drug-likeness (QED) is 0.425. The smallest absolute Gasteiger partial charge is 0.317 e. The Morgan fingerprint density at radius 1 is 0.958 bits per heavy atom. The van der Waals surface area contributed by atoms with Crippen molar-refractivity contribution in [1.82, 2.24) is 0 Å². The van der Waals surface area contributed by atoms with E-state index in [9.17, 15) is 4.79 Å². The first-order valence-electron chi connectivity index (χ1n) is 9.26. The fourth-order valence-electron chi connectivity index (χ4n) is 3.27. The molecule has 1 unspecified atom stereocenters. The van der Waals surface area contributed by atoms with E-state index >= 15 is 0 Å². The summed E-state index contributed by atoms with van der Waals surface area (Å²) in [5, 5.41) is 0. The summed E-state index contributed by atoms with van der Waals surface area (Å²) in [6.07, 6.45) is 3.91. The van der Waals surface area contributed by atoms with Crippen LogP contribution in [-0.4, -0.2) is 5.97 Å². The van der Waals surface area contributed by atoms with E-state index in [4.69, 9.17) is 4.74 Å². The van der Waals surface area contributed by atoms with Crippen molar-refractivity contribution in [3.63, 3.8) is 0 Å². The second kappa shape index (κ2) is 7.72. The highest BCUT2D eigenvalue weighted by atomic mass is 16.5. The number of esters is 1. The van der Waals surface area contributed by atoms with Crippen molar-refractivity contribution in [1.29, 1.82) is 0 Å². The van der Waals surface area contributed by atoms with Crippen LogP contribution in [0.2, 0.25) is 0 Å². The first kappa shape index (κ1) is 20.7. The van der Waals surface area contributed by atoms with Gasteiger partial charge in [0.1, 0.15) is 5.75 Å². The molecule has 0 heterocycles. The molecule has 24 heavy (non-hydrogen) atoms. The van der Waals surface area contributed by atoms with Crippen LogP contribution in [0.25, 0.3) is 0 Å². The topological polar surface area (TPSA) is 26.3 Å². The Labute approximate surface area is 149 Å². The zero-order valence-electron chi connectivity index (χ0n) is 17.0. The number of rotatable bonds is 7. The molecule has 0 bridgehead atoms. The van der Waals surface area contributed by atoms with Gasteiger partial charge in [0.2, 0.25) is 0 Å². The van der Waals surface area contributed by atoms with Crippen molar-refractivity contribution in [3.8, 4) is 5.75 Å². The number of carbonyl (C=O) groups excluding carboxylic acids is 1. The summed E-state index contributed by atoms with van der Waals surface area (Å²) in [4.78, 5) is 13.1. The van der Waals surface area contributed by atoms with Gasteiger partial charge in [0, 0.05) is 0 Å². The maximum Gasteiger partial charge on any atom is 0.317 e. The van der Waals surface area contributed by atoms with E-state index in [2.05, 4.69) is 67.5 Å². The molecule has 0 aromatic heterocycles. The Morgan fingerprint density at radius 2 is 1.50 bits per heavy atom. The fourth-order valence-corrected chi connectivity index (χ4v) is 3.27. The third kappa shape index (κ3) is 5.09. The van der Waals surface area contributed by atoms with Crippen LogP contribution in [0.5, 0.6) is 5.75 Å². The third-order valence-electron chi connectivity index (χ3n) is 5.38. The van der Waals surface area contributed by atoms with Crippen molar-refractivity contribution < 1.29 is 9.53 Å². The maximum absolute atomic E-state index is 13.1. The molecule has 0 saturated carbocycles. The lowest BCUT2D eigenvalue weighted by atomic mass is 9.59. The number of hydrogen-bond acceptors (Lipinski definition) is 2. The lowest BCUT2D eigenvalue weighted by molar-refractivity contribution is -0.155. The molecular formula is C22H36O2. The summed E-state index contributed by atoms with van der Waals surface area (Å²) in [6, 6.07) is 7.94. The molecule has 0 aliphatic heterocycles. The predicted molar refractivity (Wildman–Crippen MR) is 102 cm³/mol. The third-order valence-corrected chi connectivity index (χ3v) is 5.38. The van der Waals surface area contributed by atoms with Crippen molar-refractivity contribution in [2.75, 3.05) is 0 Å². The molecule has 0 amide bonds. The molecule has 0 spiro atoms. The van der Waals surface area contributed by atoms with Gasteiger partial charge in [-0.15, -0.1) is 0 Å². The minimum atomic E-state index is -0.526. The lowest BCUT2D eigenvalue weighted by Gasteiger charge is -2.45. The summed E-state index contributed by atoms with van der Waals surface area (Å²) < 4.78 is 5.81. The number of hydrogen-bond donors (Lipinski definition) is 0. The van der Waals surface area contributed by atoms with Crippen molar-refractivity contribution in [2.24, 2.45) is 16.2 Å². The molecule has 2 nitrogen and oxygen atoms in total. The van der Waals surface area contributed by atoms with Gasteiger partial charge in [-0.25, -0.2) is 0 Å². The van der Waals surface area contributed by atoms with Gasteiger partial charge in [-0.3, -0.25) is 4.79 Å². The van der Waals surface area contributed by atoms with Crippen LogP contribution in [0.4, 0.5) is 0 Å². The van der Waals surface area contributed by atoms with Gasteiger partial charge in [-0.05, 0) is 54.7 Å². The van der Waals surface area contributed by atoms with Gasteiger partial charge in [0.25, 0.3) is 0 Å². The van der Waals surface area contributed by atoms with Gasteiger partial charge in [0.05, 0.1) is 5.41 Å². The van der Waals surface area contributed by atoms with Gasteiger partial charge in [-0.1, -0.05) is 67.0 Å². The zero-order chi connectivity index (χ0) is 18.6. The summed E-state index contributed by atoms with van der Waals surface area (Å²) in [5.41, 5.74) is 0.691. The SMILES string of the molecule is CCCc1ccc(OC(=O)C(C)(CC(C)(C)C)C(C)(C)CC)cc1. The minimum Gasteiger partial charge on any atom is -0.426 e. The molecule has 1 aromatic carbocycles. The predicted octanol–water partition coefficient (Wildman–Crippen LogP) is 6.42. The van der Waals surface area contributed by atoms with Crippen molar-refractivity contribution in [2.45, 2.75) is 81.1 Å². The number of ether oxygens (including phenoxy) is 1. The van der Waals surface area contributed by atoms with E-state index in [0.29, 0.717) is 5.75 Å². The molecular weight excluding hydrogens is 296 g/mol. The molecule has 0 aliphatic carbocycles. The van der Waals surface area contributed by atoms with Crippen LogP contribution in [0, 0.1) is 16.2 Å². The van der Waals surface area contributed by atoms with Crippen LogP contribution in [0.1, 0.15) is 80.2 Å². The molecule has 0 N–H and O–H groups in total. The fraction of sp³-hybridized carbons (Fsp3) is 0.682. The summed E-state index contributed by atoms with van der Waals surface area (Å²) in [5.74, 6) is 0.527. The standard InChI is InChI=1S/C22H36O2/c1-9-11-17-12-14-18(15-13-17)24-19(23)22(8,16-20(3,4)5)21(6,7)10-2/h12-15H,9-11,16H2,1-8H3. The van der Waals surface area contributed by atoms with Crippen LogP contribution < -0.4 is 4.74 Å². The summed E-state index contributed by atoms with van der Waals surface area (Å²) >= 11 is 0. The Morgan fingerprint density at radius 3 is 1.92 bits per heavy atom. The van der Waals surface area contributed by atoms with E-state index < -0.39 is 5.41 Å². The molecule has 1 aromatic rings. The van der Waals surface area contributed by atoms with Gasteiger partial charge in [-0.2, -0.15) is 0 Å². The monoisotopic (exact) mass is 332 g/mol. The molecule has 0 fully saturated rings. The van der Waals surface area contributed by atoms with E-state index in [1.165, 1.54) is 5.56 Å². The van der Waals surface area contributed by atoms with Crippen molar-refractivity contribution in [3.05, 3.63) is 29.8 Å². The Bertz CT molecular complexity index is 534. The highest BCUT2D eigenvalue weighted by molar-refractivity contribution is 5.79. The van der Waals surface area contributed by atoms with Crippen LogP contribution in [0.15, 0.2) is 24.3 Å². The average molecular weight is 333 g/mol. The molecule has 0 radical (unpaired) electrons. The summed E-state index contributed by atoms with van der Waals surface area (Å²) in [6.45, 7) is 17.3. The number of carbonyl (C=O) groups is 1. The van der Waals surface area contributed by atoms with Crippen LogP contribution in [0.3, 0.4) is 0 Å². The molecule has 136 valence electrons. The molecule has 0 saturated heterocycles. The van der Waals surface area contributed by atoms with E-state index in [0.717, 1.165) is 25.7 Å².